The zero-order valence-corrected chi connectivity index (χ0v) is 15.3. The zero-order chi connectivity index (χ0) is 18.3. The normalized spacial score (nSPS) is 15.5. The molecule has 26 heavy (non-hydrogen) atoms. The van der Waals surface area contributed by atoms with Crippen LogP contribution in [0.1, 0.15) is 0 Å². The van der Waals surface area contributed by atoms with E-state index < -0.39 is 15.8 Å². The number of anilines is 1. The highest BCUT2D eigenvalue weighted by Gasteiger charge is 2.25. The number of benzene rings is 1. The molecule has 0 atom stereocenters. The highest BCUT2D eigenvalue weighted by molar-refractivity contribution is 7.90. The van der Waals surface area contributed by atoms with E-state index in [0.29, 0.717) is 16.7 Å². The van der Waals surface area contributed by atoms with E-state index >= 15 is 0 Å². The van der Waals surface area contributed by atoms with Gasteiger partial charge in [0.1, 0.15) is 16.5 Å². The number of pyridine rings is 1. The number of hydrogen-bond donors (Lipinski definition) is 1. The topological polar surface area (TPSA) is 67.2 Å². The van der Waals surface area contributed by atoms with Crippen LogP contribution in [-0.4, -0.2) is 43.6 Å². The molecule has 1 N–H and O–H groups in total. The van der Waals surface area contributed by atoms with Crippen molar-refractivity contribution in [3.8, 4) is 0 Å². The Balaban J connectivity index is 1.93. The number of nitrogens with zero attached hydrogens (tertiary/aromatic N) is 3. The van der Waals surface area contributed by atoms with Crippen molar-refractivity contribution in [3.05, 3.63) is 53.6 Å². The Bertz CT molecular complexity index is 1080. The number of halogens is 2. The molecule has 9 heteroatoms. The Labute approximate surface area is 155 Å². The average molecular weight is 395 g/mol. The van der Waals surface area contributed by atoms with E-state index in [1.165, 1.54) is 18.2 Å². The first-order chi connectivity index (χ1) is 12.5. The van der Waals surface area contributed by atoms with Crippen molar-refractivity contribution in [1.29, 1.82) is 0 Å². The molecule has 0 saturated carbocycles. The Hall–Kier alpha value is -2.16. The van der Waals surface area contributed by atoms with Crippen LogP contribution in [0.2, 0.25) is 5.15 Å². The number of fused-ring (bicyclic) bond motifs is 1. The maximum Gasteiger partial charge on any atom is 0.268 e. The molecule has 0 amide bonds. The lowest BCUT2D eigenvalue weighted by molar-refractivity contribution is 0.583. The van der Waals surface area contributed by atoms with Gasteiger partial charge in [-0.1, -0.05) is 17.7 Å². The van der Waals surface area contributed by atoms with Crippen LogP contribution in [0.15, 0.2) is 47.5 Å². The maximum absolute atomic E-state index is 13.6. The SMILES string of the molecule is O=S(=O)(c1cccc(F)c1)n1cc(N2CCNCC2)c2nc(Cl)ccc21. The summed E-state index contributed by atoms with van der Waals surface area (Å²) in [5.74, 6) is -0.606. The monoisotopic (exact) mass is 394 g/mol. The van der Waals surface area contributed by atoms with Crippen LogP contribution in [0.3, 0.4) is 0 Å². The summed E-state index contributed by atoms with van der Waals surface area (Å²) in [7, 11) is -3.97. The van der Waals surface area contributed by atoms with E-state index in [1.807, 2.05) is 0 Å². The zero-order valence-electron chi connectivity index (χ0n) is 13.7. The lowest BCUT2D eigenvalue weighted by Crippen LogP contribution is -2.43. The van der Waals surface area contributed by atoms with E-state index in [-0.39, 0.29) is 10.0 Å². The lowest BCUT2D eigenvalue weighted by atomic mass is 10.3. The molecule has 1 aliphatic rings. The number of nitrogens with one attached hydrogen (secondary N) is 1. The minimum absolute atomic E-state index is 0.115. The molecule has 0 unspecified atom stereocenters. The van der Waals surface area contributed by atoms with Crippen LogP contribution in [0, 0.1) is 5.82 Å². The smallest absolute Gasteiger partial charge is 0.268 e. The summed E-state index contributed by atoms with van der Waals surface area (Å²) >= 11 is 6.04. The highest BCUT2D eigenvalue weighted by atomic mass is 35.5. The van der Waals surface area contributed by atoms with Crippen molar-refractivity contribution >= 4 is 38.3 Å². The standard InChI is InChI=1S/C17H16ClFN4O2S/c18-16-5-4-14-17(21-16)15(22-8-6-20-7-9-22)11-23(14)26(24,25)13-3-1-2-12(19)10-13/h1-5,10-11,20H,6-9H2. The fraction of sp³-hybridized carbons (Fsp3) is 0.235. The Morgan fingerprint density at radius 2 is 1.92 bits per heavy atom. The average Bonchev–Trinajstić information content (AvgIpc) is 3.02. The van der Waals surface area contributed by atoms with Gasteiger partial charge in [0.15, 0.2) is 0 Å². The van der Waals surface area contributed by atoms with Gasteiger partial charge < -0.3 is 10.2 Å². The molecule has 0 spiro atoms. The molecule has 3 aromatic rings. The fourth-order valence-corrected chi connectivity index (χ4v) is 4.64. The number of piperazine rings is 1. The summed E-state index contributed by atoms with van der Waals surface area (Å²) in [5.41, 5.74) is 1.62. The second-order valence-electron chi connectivity index (χ2n) is 6.01. The molecule has 136 valence electrons. The molecule has 4 rings (SSSR count). The van der Waals surface area contributed by atoms with Gasteiger partial charge in [0.2, 0.25) is 0 Å². The fourth-order valence-electron chi connectivity index (χ4n) is 3.11. The summed E-state index contributed by atoms with van der Waals surface area (Å²) in [6, 6.07) is 8.13. The molecular formula is C17H16ClFN4O2S. The molecule has 0 aliphatic carbocycles. The van der Waals surface area contributed by atoms with Gasteiger partial charge in [0, 0.05) is 32.4 Å². The van der Waals surface area contributed by atoms with Crippen LogP contribution < -0.4 is 10.2 Å². The largest absolute Gasteiger partial charge is 0.366 e. The van der Waals surface area contributed by atoms with Crippen LogP contribution in [0.25, 0.3) is 11.0 Å². The Morgan fingerprint density at radius 1 is 1.15 bits per heavy atom. The maximum atomic E-state index is 13.6. The van der Waals surface area contributed by atoms with Crippen molar-refractivity contribution in [2.45, 2.75) is 4.90 Å². The second-order valence-corrected chi connectivity index (χ2v) is 8.21. The molecule has 6 nitrogen and oxygen atoms in total. The van der Waals surface area contributed by atoms with Gasteiger partial charge in [0.25, 0.3) is 10.0 Å². The molecule has 1 saturated heterocycles. The van der Waals surface area contributed by atoms with Gasteiger partial charge in [-0.05, 0) is 30.3 Å². The Kier molecular flexibility index (Phi) is 4.34. The van der Waals surface area contributed by atoms with Crippen molar-refractivity contribution in [2.24, 2.45) is 0 Å². The summed E-state index contributed by atoms with van der Waals surface area (Å²) in [5, 5.41) is 3.55. The van der Waals surface area contributed by atoms with Gasteiger partial charge in [-0.25, -0.2) is 21.8 Å². The molecule has 0 bridgehead atoms. The molecule has 1 fully saturated rings. The van der Waals surface area contributed by atoms with Gasteiger partial charge >= 0.3 is 0 Å². The quantitative estimate of drug-likeness (QED) is 0.691. The van der Waals surface area contributed by atoms with Crippen molar-refractivity contribution in [3.63, 3.8) is 0 Å². The molecular weight excluding hydrogens is 379 g/mol. The van der Waals surface area contributed by atoms with Gasteiger partial charge in [-0.15, -0.1) is 0 Å². The third-order valence-corrected chi connectivity index (χ3v) is 6.25. The van der Waals surface area contributed by atoms with E-state index in [0.717, 1.165) is 36.2 Å². The summed E-state index contributed by atoms with van der Waals surface area (Å²) in [6.07, 6.45) is 1.54. The van der Waals surface area contributed by atoms with Crippen molar-refractivity contribution in [1.82, 2.24) is 14.3 Å². The molecule has 1 aliphatic heterocycles. The van der Waals surface area contributed by atoms with Crippen molar-refractivity contribution in [2.75, 3.05) is 31.1 Å². The summed E-state index contributed by atoms with van der Waals surface area (Å²) in [4.78, 5) is 6.29. The third kappa shape index (κ3) is 2.94. The van der Waals surface area contributed by atoms with Gasteiger partial charge in [-0.3, -0.25) is 0 Å². The van der Waals surface area contributed by atoms with Gasteiger partial charge in [-0.2, -0.15) is 0 Å². The number of rotatable bonds is 3. The first-order valence-electron chi connectivity index (χ1n) is 8.11. The van der Waals surface area contributed by atoms with E-state index in [2.05, 4.69) is 15.2 Å². The van der Waals surface area contributed by atoms with Crippen LogP contribution in [-0.2, 0) is 10.0 Å². The molecule has 1 aromatic carbocycles. The minimum atomic E-state index is -3.97. The molecule has 3 heterocycles. The summed E-state index contributed by atoms with van der Waals surface area (Å²) < 4.78 is 40.9. The lowest BCUT2D eigenvalue weighted by Gasteiger charge is -2.28. The number of hydrogen-bond acceptors (Lipinski definition) is 5. The predicted octanol–water partition coefficient (Wildman–Crippen LogP) is 2.48. The minimum Gasteiger partial charge on any atom is -0.366 e. The number of aromatic nitrogens is 2. The van der Waals surface area contributed by atoms with Crippen molar-refractivity contribution < 1.29 is 12.8 Å². The highest BCUT2D eigenvalue weighted by Crippen LogP contribution is 2.32. The summed E-state index contributed by atoms with van der Waals surface area (Å²) in [6.45, 7) is 3.05. The van der Waals surface area contributed by atoms with Crippen LogP contribution >= 0.6 is 11.6 Å². The third-order valence-electron chi connectivity index (χ3n) is 4.37. The predicted molar refractivity (Wildman–Crippen MR) is 98.8 cm³/mol. The van der Waals surface area contributed by atoms with Gasteiger partial charge in [0.05, 0.1) is 16.1 Å². The van der Waals surface area contributed by atoms with E-state index in [4.69, 9.17) is 11.6 Å². The molecule has 0 radical (unpaired) electrons. The first-order valence-corrected chi connectivity index (χ1v) is 9.93. The Morgan fingerprint density at radius 3 is 2.65 bits per heavy atom. The van der Waals surface area contributed by atoms with E-state index in [9.17, 15) is 12.8 Å². The molecule has 2 aromatic heterocycles. The second kappa shape index (κ2) is 6.53. The first kappa shape index (κ1) is 17.3. The van der Waals surface area contributed by atoms with Crippen LogP contribution in [0.4, 0.5) is 10.1 Å². The van der Waals surface area contributed by atoms with E-state index in [1.54, 1.807) is 18.3 Å². The van der Waals surface area contributed by atoms with Crippen LogP contribution in [0.5, 0.6) is 0 Å².